The first-order valence-corrected chi connectivity index (χ1v) is 4.13. The van der Waals surface area contributed by atoms with E-state index in [9.17, 15) is 8.78 Å². The van der Waals surface area contributed by atoms with Crippen LogP contribution in [0.15, 0.2) is 0 Å². The third kappa shape index (κ3) is 2.40. The summed E-state index contributed by atoms with van der Waals surface area (Å²) in [6, 6.07) is -0.000394. The van der Waals surface area contributed by atoms with Gasteiger partial charge in [0.15, 0.2) is 0 Å². The SMILES string of the molecule is CC(F)(F)C1CCCC(N)C1. The molecule has 1 rings (SSSR count). The molecular weight excluding hydrogens is 148 g/mol. The largest absolute Gasteiger partial charge is 0.328 e. The summed E-state index contributed by atoms with van der Waals surface area (Å²) in [6.07, 6.45) is 2.89. The molecule has 1 aliphatic rings. The Labute approximate surface area is 66.0 Å². The first-order valence-electron chi connectivity index (χ1n) is 4.13. The summed E-state index contributed by atoms with van der Waals surface area (Å²) in [5.74, 6) is -3.01. The maximum atomic E-state index is 12.7. The molecular formula is C8H15F2N. The van der Waals surface area contributed by atoms with Gasteiger partial charge >= 0.3 is 0 Å². The minimum atomic E-state index is -2.53. The molecule has 1 saturated carbocycles. The van der Waals surface area contributed by atoms with Crippen LogP contribution >= 0.6 is 0 Å². The molecule has 3 heteroatoms. The van der Waals surface area contributed by atoms with E-state index in [-0.39, 0.29) is 6.04 Å². The van der Waals surface area contributed by atoms with Crippen LogP contribution in [0.3, 0.4) is 0 Å². The van der Waals surface area contributed by atoms with Crippen LogP contribution in [0.2, 0.25) is 0 Å². The Morgan fingerprint density at radius 3 is 2.36 bits per heavy atom. The molecule has 66 valence electrons. The van der Waals surface area contributed by atoms with Gasteiger partial charge in [0.1, 0.15) is 0 Å². The zero-order chi connectivity index (χ0) is 8.48. The highest BCUT2D eigenvalue weighted by Crippen LogP contribution is 2.35. The fourth-order valence-corrected chi connectivity index (χ4v) is 1.69. The Hall–Kier alpha value is -0.180. The first kappa shape index (κ1) is 8.91. The molecule has 1 nitrogen and oxygen atoms in total. The fraction of sp³-hybridized carbons (Fsp3) is 1.00. The van der Waals surface area contributed by atoms with Gasteiger partial charge in [-0.1, -0.05) is 6.42 Å². The molecule has 0 aliphatic heterocycles. The number of rotatable bonds is 1. The van der Waals surface area contributed by atoms with Gasteiger partial charge in [0, 0.05) is 12.0 Å². The zero-order valence-electron chi connectivity index (χ0n) is 6.82. The van der Waals surface area contributed by atoms with Gasteiger partial charge in [0.25, 0.3) is 0 Å². The van der Waals surface area contributed by atoms with Crippen molar-refractivity contribution in [2.24, 2.45) is 11.7 Å². The van der Waals surface area contributed by atoms with Crippen molar-refractivity contribution in [3.8, 4) is 0 Å². The van der Waals surface area contributed by atoms with Crippen molar-refractivity contribution in [1.82, 2.24) is 0 Å². The van der Waals surface area contributed by atoms with Crippen molar-refractivity contribution < 1.29 is 8.78 Å². The van der Waals surface area contributed by atoms with E-state index in [1.807, 2.05) is 0 Å². The van der Waals surface area contributed by atoms with Crippen LogP contribution in [0.4, 0.5) is 8.78 Å². The van der Waals surface area contributed by atoms with Gasteiger partial charge in [-0.2, -0.15) is 0 Å². The van der Waals surface area contributed by atoms with E-state index in [1.54, 1.807) is 0 Å². The van der Waals surface area contributed by atoms with E-state index in [4.69, 9.17) is 5.73 Å². The molecule has 0 heterocycles. The second-order valence-corrected chi connectivity index (χ2v) is 3.58. The standard InChI is InChI=1S/C8H15F2N/c1-8(9,10)6-3-2-4-7(11)5-6/h6-7H,2-5,11H2,1H3. The van der Waals surface area contributed by atoms with E-state index >= 15 is 0 Å². The Balaban J connectivity index is 2.46. The second kappa shape index (κ2) is 3.05. The number of hydrogen-bond acceptors (Lipinski definition) is 1. The maximum absolute atomic E-state index is 12.7. The quantitative estimate of drug-likeness (QED) is 0.629. The van der Waals surface area contributed by atoms with Crippen molar-refractivity contribution in [2.75, 3.05) is 0 Å². The van der Waals surface area contributed by atoms with Crippen LogP contribution in [0.5, 0.6) is 0 Å². The molecule has 2 atom stereocenters. The van der Waals surface area contributed by atoms with Crippen molar-refractivity contribution in [3.05, 3.63) is 0 Å². The van der Waals surface area contributed by atoms with Crippen LogP contribution in [-0.4, -0.2) is 12.0 Å². The Morgan fingerprint density at radius 1 is 1.36 bits per heavy atom. The van der Waals surface area contributed by atoms with Gasteiger partial charge in [0.2, 0.25) is 5.92 Å². The zero-order valence-corrected chi connectivity index (χ0v) is 6.82. The van der Waals surface area contributed by atoms with E-state index in [0.29, 0.717) is 12.8 Å². The monoisotopic (exact) mass is 163 g/mol. The number of halogens is 2. The van der Waals surface area contributed by atoms with Gasteiger partial charge < -0.3 is 5.73 Å². The van der Waals surface area contributed by atoms with Gasteiger partial charge in [0.05, 0.1) is 0 Å². The molecule has 0 bridgehead atoms. The average Bonchev–Trinajstić information content (AvgIpc) is 1.86. The lowest BCUT2D eigenvalue weighted by molar-refractivity contribution is -0.0553. The normalized spacial score (nSPS) is 33.8. The lowest BCUT2D eigenvalue weighted by atomic mass is 9.83. The third-order valence-electron chi connectivity index (χ3n) is 2.43. The summed E-state index contributed by atoms with van der Waals surface area (Å²) >= 11 is 0. The molecule has 2 unspecified atom stereocenters. The molecule has 1 fully saturated rings. The average molecular weight is 163 g/mol. The highest BCUT2D eigenvalue weighted by molar-refractivity contribution is 4.81. The summed E-state index contributed by atoms with van der Waals surface area (Å²) in [6.45, 7) is 0.996. The predicted octanol–water partition coefficient (Wildman–Crippen LogP) is 2.16. The highest BCUT2D eigenvalue weighted by atomic mass is 19.3. The molecule has 0 aromatic carbocycles. The number of nitrogens with two attached hydrogens (primary N) is 1. The summed E-state index contributed by atoms with van der Waals surface area (Å²) < 4.78 is 25.5. The third-order valence-corrected chi connectivity index (χ3v) is 2.43. The van der Waals surface area contributed by atoms with Gasteiger partial charge in [-0.25, -0.2) is 8.78 Å². The van der Waals surface area contributed by atoms with E-state index in [2.05, 4.69) is 0 Å². The van der Waals surface area contributed by atoms with Crippen LogP contribution < -0.4 is 5.73 Å². The lowest BCUT2D eigenvalue weighted by Crippen LogP contribution is -2.35. The number of hydrogen-bond donors (Lipinski definition) is 1. The Kier molecular flexibility index (Phi) is 2.47. The minimum absolute atomic E-state index is 0.000394. The lowest BCUT2D eigenvalue weighted by Gasteiger charge is -2.30. The first-order chi connectivity index (χ1) is 5.00. The van der Waals surface area contributed by atoms with E-state index in [0.717, 1.165) is 19.8 Å². The van der Waals surface area contributed by atoms with Gasteiger partial charge in [-0.15, -0.1) is 0 Å². The smallest absolute Gasteiger partial charge is 0.248 e. The van der Waals surface area contributed by atoms with E-state index < -0.39 is 11.8 Å². The van der Waals surface area contributed by atoms with Crippen LogP contribution in [0.25, 0.3) is 0 Å². The second-order valence-electron chi connectivity index (χ2n) is 3.58. The van der Waals surface area contributed by atoms with Crippen molar-refractivity contribution >= 4 is 0 Å². The number of alkyl halides is 2. The molecule has 0 saturated heterocycles. The molecule has 0 radical (unpaired) electrons. The van der Waals surface area contributed by atoms with Crippen LogP contribution in [0.1, 0.15) is 32.6 Å². The van der Waals surface area contributed by atoms with Crippen LogP contribution in [0, 0.1) is 5.92 Å². The van der Waals surface area contributed by atoms with Crippen molar-refractivity contribution in [1.29, 1.82) is 0 Å². The summed E-state index contributed by atoms with van der Waals surface area (Å²) in [5, 5.41) is 0. The summed E-state index contributed by atoms with van der Waals surface area (Å²) in [4.78, 5) is 0. The molecule has 0 amide bonds. The molecule has 0 aromatic rings. The molecule has 1 aliphatic carbocycles. The molecule has 11 heavy (non-hydrogen) atoms. The Morgan fingerprint density at radius 2 is 2.00 bits per heavy atom. The van der Waals surface area contributed by atoms with Crippen LogP contribution in [-0.2, 0) is 0 Å². The van der Waals surface area contributed by atoms with Crippen molar-refractivity contribution in [3.63, 3.8) is 0 Å². The molecule has 2 N–H and O–H groups in total. The van der Waals surface area contributed by atoms with Gasteiger partial charge in [-0.3, -0.25) is 0 Å². The van der Waals surface area contributed by atoms with Gasteiger partial charge in [-0.05, 0) is 26.2 Å². The minimum Gasteiger partial charge on any atom is -0.328 e. The fourth-order valence-electron chi connectivity index (χ4n) is 1.69. The predicted molar refractivity (Wildman–Crippen MR) is 40.6 cm³/mol. The van der Waals surface area contributed by atoms with E-state index in [1.165, 1.54) is 0 Å². The molecule has 0 spiro atoms. The summed E-state index contributed by atoms with van der Waals surface area (Å²) in [5.41, 5.74) is 5.59. The van der Waals surface area contributed by atoms with Crippen molar-refractivity contribution in [2.45, 2.75) is 44.6 Å². The highest BCUT2D eigenvalue weighted by Gasteiger charge is 2.36. The maximum Gasteiger partial charge on any atom is 0.248 e. The molecule has 0 aromatic heterocycles. The topological polar surface area (TPSA) is 26.0 Å². The summed E-state index contributed by atoms with van der Waals surface area (Å²) in [7, 11) is 0. The Bertz CT molecular complexity index is 131.